The molecule has 2 aromatic carbocycles. The van der Waals surface area contributed by atoms with Gasteiger partial charge in [0, 0.05) is 14.5 Å². The van der Waals surface area contributed by atoms with Gasteiger partial charge in [0.25, 0.3) is 0 Å². The summed E-state index contributed by atoms with van der Waals surface area (Å²) < 4.78 is 7.38. The molecule has 0 radical (unpaired) electrons. The summed E-state index contributed by atoms with van der Waals surface area (Å²) in [5, 5.41) is 10.6. The fraction of sp³-hybridized carbons (Fsp3) is 0.250. The zero-order valence-electron chi connectivity index (χ0n) is 11.6. The maximum atomic E-state index is 10.6. The van der Waals surface area contributed by atoms with Crippen molar-refractivity contribution in [3.8, 4) is 5.75 Å². The van der Waals surface area contributed by atoms with E-state index in [0.29, 0.717) is 5.75 Å². The van der Waals surface area contributed by atoms with Crippen molar-refractivity contribution in [3.63, 3.8) is 0 Å². The number of aliphatic hydroxyl groups is 1. The van der Waals surface area contributed by atoms with Crippen LogP contribution in [-0.2, 0) is 0 Å². The Morgan fingerprint density at radius 2 is 1.65 bits per heavy atom. The van der Waals surface area contributed by atoms with Crippen molar-refractivity contribution in [1.82, 2.24) is 0 Å². The molecule has 0 saturated heterocycles. The molecule has 2 rings (SSSR count). The lowest BCUT2D eigenvalue weighted by Crippen LogP contribution is -2.03. The highest BCUT2D eigenvalue weighted by Gasteiger charge is 2.17. The number of benzene rings is 2. The van der Waals surface area contributed by atoms with Gasteiger partial charge in [0.15, 0.2) is 0 Å². The summed E-state index contributed by atoms with van der Waals surface area (Å²) in [5.41, 5.74) is 3.77. The van der Waals surface area contributed by atoms with Crippen LogP contribution in [0.5, 0.6) is 5.75 Å². The van der Waals surface area contributed by atoms with Gasteiger partial charge in [0.1, 0.15) is 11.9 Å². The van der Waals surface area contributed by atoms with Crippen LogP contribution in [0.15, 0.2) is 39.3 Å². The lowest BCUT2D eigenvalue weighted by Gasteiger charge is -2.17. The highest BCUT2D eigenvalue weighted by molar-refractivity contribution is 9.10. The molecule has 0 bridgehead atoms. The number of rotatable bonds is 3. The normalized spacial score (nSPS) is 12.3. The topological polar surface area (TPSA) is 29.5 Å². The van der Waals surface area contributed by atoms with Gasteiger partial charge in [-0.05, 0) is 48.7 Å². The summed E-state index contributed by atoms with van der Waals surface area (Å²) >= 11 is 6.97. The monoisotopic (exact) mass is 398 g/mol. The Labute approximate surface area is 136 Å². The van der Waals surface area contributed by atoms with E-state index in [2.05, 4.69) is 31.9 Å². The van der Waals surface area contributed by atoms with E-state index >= 15 is 0 Å². The molecule has 0 heterocycles. The summed E-state index contributed by atoms with van der Waals surface area (Å²) in [5.74, 6) is 0.693. The second-order valence-electron chi connectivity index (χ2n) is 4.75. The van der Waals surface area contributed by atoms with Crippen LogP contribution in [-0.4, -0.2) is 12.2 Å². The molecule has 1 atom stereocenters. The van der Waals surface area contributed by atoms with Crippen LogP contribution < -0.4 is 4.74 Å². The number of aryl methyl sites for hydroxylation is 2. The Kier molecular flexibility index (Phi) is 4.89. The van der Waals surface area contributed by atoms with Crippen LogP contribution in [0, 0.1) is 13.8 Å². The van der Waals surface area contributed by atoms with E-state index in [0.717, 1.165) is 31.2 Å². The maximum Gasteiger partial charge on any atom is 0.125 e. The van der Waals surface area contributed by atoms with E-state index in [4.69, 9.17) is 4.74 Å². The van der Waals surface area contributed by atoms with E-state index in [1.165, 1.54) is 0 Å². The molecule has 106 valence electrons. The van der Waals surface area contributed by atoms with Gasteiger partial charge in [0.2, 0.25) is 0 Å². The molecule has 0 aliphatic rings. The number of methoxy groups -OCH3 is 1. The van der Waals surface area contributed by atoms with Gasteiger partial charge >= 0.3 is 0 Å². The molecule has 4 heteroatoms. The quantitative estimate of drug-likeness (QED) is 0.793. The third-order valence-corrected chi connectivity index (χ3v) is 5.05. The Morgan fingerprint density at radius 3 is 2.25 bits per heavy atom. The predicted octanol–water partition coefficient (Wildman–Crippen LogP) is 4.92. The fourth-order valence-corrected chi connectivity index (χ4v) is 2.69. The summed E-state index contributed by atoms with van der Waals surface area (Å²) in [6, 6.07) is 9.67. The van der Waals surface area contributed by atoms with E-state index in [9.17, 15) is 5.11 Å². The third kappa shape index (κ3) is 3.08. The predicted molar refractivity (Wildman–Crippen MR) is 88.4 cm³/mol. The van der Waals surface area contributed by atoms with Gasteiger partial charge in [-0.3, -0.25) is 0 Å². The first kappa shape index (κ1) is 15.5. The third-order valence-electron chi connectivity index (χ3n) is 3.30. The Bertz CT molecular complexity index is 639. The molecule has 0 amide bonds. The van der Waals surface area contributed by atoms with Crippen molar-refractivity contribution in [3.05, 3.63) is 61.5 Å². The largest absolute Gasteiger partial charge is 0.496 e. The average Bonchev–Trinajstić information content (AvgIpc) is 2.43. The standard InChI is InChI=1S/C16H16Br2O2/c1-9-6-11(4-5-13(9)17)16(19)12-8-14(18)10(2)7-15(12)20-3/h4-8,16,19H,1-3H3. The minimum Gasteiger partial charge on any atom is -0.496 e. The molecule has 20 heavy (non-hydrogen) atoms. The van der Waals surface area contributed by atoms with Gasteiger partial charge < -0.3 is 9.84 Å². The number of aliphatic hydroxyl groups excluding tert-OH is 1. The lowest BCUT2D eigenvalue weighted by atomic mass is 9.98. The highest BCUT2D eigenvalue weighted by Crippen LogP contribution is 2.35. The first-order valence-corrected chi connectivity index (χ1v) is 7.80. The average molecular weight is 400 g/mol. The number of hydrogen-bond acceptors (Lipinski definition) is 2. The van der Waals surface area contributed by atoms with E-state index in [1.807, 2.05) is 44.2 Å². The molecular formula is C16H16Br2O2. The molecule has 0 saturated carbocycles. The van der Waals surface area contributed by atoms with Crippen LogP contribution in [0.3, 0.4) is 0 Å². The van der Waals surface area contributed by atoms with Crippen molar-refractivity contribution >= 4 is 31.9 Å². The van der Waals surface area contributed by atoms with Crippen molar-refractivity contribution < 1.29 is 9.84 Å². The molecule has 0 fully saturated rings. The van der Waals surface area contributed by atoms with Gasteiger partial charge in [-0.1, -0.05) is 44.0 Å². The van der Waals surface area contributed by atoms with Crippen LogP contribution in [0.1, 0.15) is 28.4 Å². The second kappa shape index (κ2) is 6.29. The molecule has 0 aliphatic carbocycles. The van der Waals surface area contributed by atoms with Crippen molar-refractivity contribution in [1.29, 1.82) is 0 Å². The molecule has 0 aromatic heterocycles. The zero-order chi connectivity index (χ0) is 14.9. The fourth-order valence-electron chi connectivity index (χ4n) is 2.08. The summed E-state index contributed by atoms with van der Waals surface area (Å²) in [6.45, 7) is 4.00. The SMILES string of the molecule is COc1cc(C)c(Br)cc1C(O)c1ccc(Br)c(C)c1. The Balaban J connectivity index is 2.49. The van der Waals surface area contributed by atoms with Crippen molar-refractivity contribution in [2.24, 2.45) is 0 Å². The maximum absolute atomic E-state index is 10.6. The first-order chi connectivity index (χ1) is 9.43. The second-order valence-corrected chi connectivity index (χ2v) is 6.46. The Hall–Kier alpha value is -0.840. The molecule has 1 N–H and O–H groups in total. The van der Waals surface area contributed by atoms with Gasteiger partial charge in [0.05, 0.1) is 7.11 Å². The highest BCUT2D eigenvalue weighted by atomic mass is 79.9. The molecular weight excluding hydrogens is 384 g/mol. The van der Waals surface area contributed by atoms with E-state index < -0.39 is 6.10 Å². The molecule has 2 aromatic rings. The number of ether oxygens (including phenoxy) is 1. The van der Waals surface area contributed by atoms with Crippen LogP contribution in [0.4, 0.5) is 0 Å². The summed E-state index contributed by atoms with van der Waals surface area (Å²) in [4.78, 5) is 0. The minimum atomic E-state index is -0.714. The number of halogens is 2. The van der Waals surface area contributed by atoms with Crippen LogP contribution in [0.25, 0.3) is 0 Å². The molecule has 0 aliphatic heterocycles. The summed E-state index contributed by atoms with van der Waals surface area (Å²) in [6.07, 6.45) is -0.714. The van der Waals surface area contributed by atoms with Crippen molar-refractivity contribution in [2.75, 3.05) is 7.11 Å². The van der Waals surface area contributed by atoms with E-state index in [1.54, 1.807) is 7.11 Å². The molecule has 0 spiro atoms. The molecule has 2 nitrogen and oxygen atoms in total. The van der Waals surface area contributed by atoms with Crippen LogP contribution >= 0.6 is 31.9 Å². The number of hydrogen-bond donors (Lipinski definition) is 1. The van der Waals surface area contributed by atoms with Gasteiger partial charge in [-0.15, -0.1) is 0 Å². The first-order valence-electron chi connectivity index (χ1n) is 6.22. The molecule has 1 unspecified atom stereocenters. The van der Waals surface area contributed by atoms with E-state index in [-0.39, 0.29) is 0 Å². The lowest BCUT2D eigenvalue weighted by molar-refractivity contribution is 0.214. The smallest absolute Gasteiger partial charge is 0.125 e. The zero-order valence-corrected chi connectivity index (χ0v) is 14.7. The van der Waals surface area contributed by atoms with Crippen LogP contribution in [0.2, 0.25) is 0 Å². The van der Waals surface area contributed by atoms with Gasteiger partial charge in [-0.25, -0.2) is 0 Å². The van der Waals surface area contributed by atoms with Crippen molar-refractivity contribution in [2.45, 2.75) is 20.0 Å². The van der Waals surface area contributed by atoms with Gasteiger partial charge in [-0.2, -0.15) is 0 Å². The summed E-state index contributed by atoms with van der Waals surface area (Å²) in [7, 11) is 1.62. The minimum absolute atomic E-state index is 0.693. The Morgan fingerprint density at radius 1 is 1.00 bits per heavy atom.